The van der Waals surface area contributed by atoms with E-state index in [1.807, 2.05) is 38.1 Å². The normalized spacial score (nSPS) is 17.1. The quantitative estimate of drug-likeness (QED) is 0.581. The summed E-state index contributed by atoms with van der Waals surface area (Å²) in [7, 11) is -3.68. The molecule has 1 atom stereocenters. The van der Waals surface area contributed by atoms with Gasteiger partial charge in [0.25, 0.3) is 0 Å². The fourth-order valence-electron chi connectivity index (χ4n) is 4.16. The number of sulfonamides is 1. The first-order chi connectivity index (χ1) is 15.6. The van der Waals surface area contributed by atoms with Gasteiger partial charge in [0.05, 0.1) is 24.1 Å². The predicted octanol–water partition coefficient (Wildman–Crippen LogP) is 4.44. The molecule has 2 aromatic rings. The highest BCUT2D eigenvalue weighted by Gasteiger charge is 2.39. The molecule has 1 aliphatic heterocycles. The van der Waals surface area contributed by atoms with Gasteiger partial charge in [0, 0.05) is 12.0 Å². The Labute approximate surface area is 197 Å². The van der Waals surface area contributed by atoms with Crippen molar-refractivity contribution in [3.05, 3.63) is 54.1 Å². The summed E-state index contributed by atoms with van der Waals surface area (Å²) in [6.45, 7) is 7.68. The third-order valence-electron chi connectivity index (χ3n) is 6.00. The molecule has 8 heteroatoms. The average Bonchev–Trinajstić information content (AvgIpc) is 2.77. The van der Waals surface area contributed by atoms with E-state index in [2.05, 4.69) is 19.2 Å². The lowest BCUT2D eigenvalue weighted by Crippen LogP contribution is -2.47. The second kappa shape index (κ2) is 10.0. The van der Waals surface area contributed by atoms with Crippen LogP contribution in [0.15, 0.2) is 48.5 Å². The van der Waals surface area contributed by atoms with Gasteiger partial charge in [-0.25, -0.2) is 8.42 Å². The van der Waals surface area contributed by atoms with E-state index in [1.54, 1.807) is 24.3 Å². The molecule has 0 saturated heterocycles. The molecule has 2 aromatic carbocycles. The molecule has 1 aliphatic rings. The number of nitrogens with one attached hydrogen (secondary N) is 1. The lowest BCUT2D eigenvalue weighted by molar-refractivity contribution is -0.121. The van der Waals surface area contributed by atoms with Crippen LogP contribution in [0.2, 0.25) is 0 Å². The maximum absolute atomic E-state index is 13.1. The first-order valence-electron chi connectivity index (χ1n) is 11.4. The van der Waals surface area contributed by atoms with Gasteiger partial charge in [-0.3, -0.25) is 9.10 Å². The Kier molecular flexibility index (Phi) is 7.57. The van der Waals surface area contributed by atoms with Crippen LogP contribution in [-0.4, -0.2) is 38.8 Å². The Bertz CT molecular complexity index is 1060. The minimum Gasteiger partial charge on any atom is -0.491 e. The van der Waals surface area contributed by atoms with Gasteiger partial charge in [-0.15, -0.1) is 0 Å². The topological polar surface area (TPSA) is 84.9 Å². The van der Waals surface area contributed by atoms with Crippen molar-refractivity contribution in [2.45, 2.75) is 64.7 Å². The predicted molar refractivity (Wildman–Crippen MR) is 130 cm³/mol. The Morgan fingerprint density at radius 2 is 1.79 bits per heavy atom. The zero-order valence-electron chi connectivity index (χ0n) is 20.0. The van der Waals surface area contributed by atoms with Crippen LogP contribution in [0.4, 0.5) is 5.69 Å². The van der Waals surface area contributed by atoms with Crippen molar-refractivity contribution < 1.29 is 22.7 Å². The van der Waals surface area contributed by atoms with Gasteiger partial charge in [-0.2, -0.15) is 0 Å². The van der Waals surface area contributed by atoms with E-state index in [0.717, 1.165) is 34.7 Å². The summed E-state index contributed by atoms with van der Waals surface area (Å²) < 4.78 is 38.1. The van der Waals surface area contributed by atoms with Crippen LogP contribution in [-0.2, 0) is 14.8 Å². The molecule has 180 valence electrons. The first kappa shape index (κ1) is 24.9. The molecule has 1 amide bonds. The fraction of sp³-hybridized carbons (Fsp3) is 0.480. The number of nitrogens with zero attached hydrogens (tertiary/aromatic N) is 1. The summed E-state index contributed by atoms with van der Waals surface area (Å²) in [5.41, 5.74) is 0.951. The van der Waals surface area contributed by atoms with Crippen LogP contribution >= 0.6 is 0 Å². The maximum Gasteiger partial charge on any atom is 0.241 e. The molecule has 0 aromatic heterocycles. The Balaban J connectivity index is 1.81. The molecule has 0 spiro atoms. The van der Waals surface area contributed by atoms with E-state index in [-0.39, 0.29) is 30.2 Å². The second-order valence-corrected chi connectivity index (χ2v) is 10.7. The van der Waals surface area contributed by atoms with Crippen LogP contribution in [0.25, 0.3) is 0 Å². The van der Waals surface area contributed by atoms with Gasteiger partial charge in [0.2, 0.25) is 15.9 Å². The molecule has 0 aliphatic carbocycles. The van der Waals surface area contributed by atoms with E-state index in [4.69, 9.17) is 9.47 Å². The van der Waals surface area contributed by atoms with E-state index < -0.39 is 10.0 Å². The minimum atomic E-state index is -3.68. The van der Waals surface area contributed by atoms with Crippen molar-refractivity contribution in [1.82, 2.24) is 5.32 Å². The summed E-state index contributed by atoms with van der Waals surface area (Å²) in [4.78, 5) is 13.1. The third-order valence-corrected chi connectivity index (χ3v) is 7.15. The second-order valence-electron chi connectivity index (χ2n) is 8.78. The van der Waals surface area contributed by atoms with E-state index in [0.29, 0.717) is 17.9 Å². The lowest BCUT2D eigenvalue weighted by Gasteiger charge is -2.41. The molecule has 1 heterocycles. The molecule has 0 bridgehead atoms. The Morgan fingerprint density at radius 1 is 1.15 bits per heavy atom. The van der Waals surface area contributed by atoms with Crippen LogP contribution in [0.1, 0.15) is 58.6 Å². The highest BCUT2D eigenvalue weighted by atomic mass is 32.2. The van der Waals surface area contributed by atoms with Crippen LogP contribution < -0.4 is 19.1 Å². The number of anilines is 1. The summed E-state index contributed by atoms with van der Waals surface area (Å²) in [6, 6.07) is 14.1. The SMILES string of the molecule is CCC1(CC)C[C@H](NC(=O)CN(c2ccc(OC(C)C)cc2)S(C)(=O)=O)c2ccccc2O1. The largest absolute Gasteiger partial charge is 0.491 e. The number of hydrogen-bond donors (Lipinski definition) is 1. The summed E-state index contributed by atoms with van der Waals surface area (Å²) >= 11 is 0. The zero-order valence-corrected chi connectivity index (χ0v) is 20.8. The smallest absolute Gasteiger partial charge is 0.241 e. The van der Waals surface area contributed by atoms with Crippen molar-refractivity contribution in [2.24, 2.45) is 0 Å². The monoisotopic (exact) mass is 474 g/mol. The maximum atomic E-state index is 13.1. The molecule has 7 nitrogen and oxygen atoms in total. The number of amides is 1. The van der Waals surface area contributed by atoms with Gasteiger partial charge in [0.15, 0.2) is 0 Å². The zero-order chi connectivity index (χ0) is 24.2. The molecule has 0 radical (unpaired) electrons. The third kappa shape index (κ3) is 5.99. The summed E-state index contributed by atoms with van der Waals surface area (Å²) in [5, 5.41) is 3.06. The number of ether oxygens (including phenoxy) is 2. The molecule has 0 unspecified atom stereocenters. The highest BCUT2D eigenvalue weighted by Crippen LogP contribution is 2.42. The summed E-state index contributed by atoms with van der Waals surface area (Å²) in [6.07, 6.45) is 3.35. The van der Waals surface area contributed by atoms with E-state index in [1.165, 1.54) is 0 Å². The first-order valence-corrected chi connectivity index (χ1v) is 13.2. The van der Waals surface area contributed by atoms with E-state index in [9.17, 15) is 13.2 Å². The number of rotatable bonds is 9. The van der Waals surface area contributed by atoms with Crippen molar-refractivity contribution in [3.63, 3.8) is 0 Å². The highest BCUT2D eigenvalue weighted by molar-refractivity contribution is 7.92. The average molecular weight is 475 g/mol. The van der Waals surface area contributed by atoms with Gasteiger partial charge >= 0.3 is 0 Å². The van der Waals surface area contributed by atoms with Gasteiger partial charge in [-0.1, -0.05) is 32.0 Å². The molecule has 1 N–H and O–H groups in total. The van der Waals surface area contributed by atoms with Crippen molar-refractivity contribution in [3.8, 4) is 11.5 Å². The number of para-hydroxylation sites is 1. The standard InChI is InChI=1S/C25H34N2O5S/c1-6-25(7-2)16-22(21-10-8-9-11-23(21)32-25)26-24(28)17-27(33(5,29)30)19-12-14-20(15-13-19)31-18(3)4/h8-15,18,22H,6-7,16-17H2,1-5H3,(H,26,28)/t22-/m0/s1. The van der Waals surface area contributed by atoms with Crippen LogP contribution in [0.5, 0.6) is 11.5 Å². The summed E-state index contributed by atoms with van der Waals surface area (Å²) in [5.74, 6) is 1.03. The molecular formula is C25H34N2O5S. The number of benzene rings is 2. The minimum absolute atomic E-state index is 0.00773. The number of carbonyl (C=O) groups excluding carboxylic acids is 1. The van der Waals surface area contributed by atoms with Crippen molar-refractivity contribution in [1.29, 1.82) is 0 Å². The van der Waals surface area contributed by atoms with Crippen LogP contribution in [0.3, 0.4) is 0 Å². The van der Waals surface area contributed by atoms with E-state index >= 15 is 0 Å². The molecular weight excluding hydrogens is 440 g/mol. The van der Waals surface area contributed by atoms with Crippen molar-refractivity contribution in [2.75, 3.05) is 17.1 Å². The molecule has 3 rings (SSSR count). The van der Waals surface area contributed by atoms with Crippen molar-refractivity contribution >= 4 is 21.6 Å². The Hall–Kier alpha value is -2.74. The van der Waals surface area contributed by atoms with Gasteiger partial charge in [0.1, 0.15) is 23.6 Å². The Morgan fingerprint density at radius 3 is 2.36 bits per heavy atom. The van der Waals surface area contributed by atoms with Gasteiger partial charge in [-0.05, 0) is 57.0 Å². The number of carbonyl (C=O) groups is 1. The molecule has 0 saturated carbocycles. The van der Waals surface area contributed by atoms with Crippen LogP contribution in [0, 0.1) is 0 Å². The fourth-order valence-corrected chi connectivity index (χ4v) is 5.02. The molecule has 0 fully saturated rings. The number of fused-ring (bicyclic) bond motifs is 1. The number of hydrogen-bond acceptors (Lipinski definition) is 5. The molecule has 33 heavy (non-hydrogen) atoms. The van der Waals surface area contributed by atoms with Gasteiger partial charge < -0.3 is 14.8 Å². The lowest BCUT2D eigenvalue weighted by atomic mass is 9.83.